The molecule has 0 unspecified atom stereocenters. The quantitative estimate of drug-likeness (QED) is 0.208. The molecular weight excluding hydrogens is 474 g/mol. The monoisotopic (exact) mass is 504 g/mol. The molecule has 4 nitrogen and oxygen atoms in total. The van der Waals surface area contributed by atoms with Crippen molar-refractivity contribution in [3.8, 4) is 0 Å². The summed E-state index contributed by atoms with van der Waals surface area (Å²) < 4.78 is 29.8. The SMILES string of the molecule is CC1(C)OB(c2cn(C(c3ccccc3)(c3ccccc3)c3ccccc3)c3ncc(F)cc23)OC1(C)C. The summed E-state index contributed by atoms with van der Waals surface area (Å²) in [5.41, 5.74) is 2.69. The fourth-order valence-corrected chi connectivity index (χ4v) is 5.48. The second kappa shape index (κ2) is 8.93. The Labute approximate surface area is 223 Å². The van der Waals surface area contributed by atoms with Gasteiger partial charge in [-0.3, -0.25) is 0 Å². The van der Waals surface area contributed by atoms with Crippen molar-refractivity contribution in [2.75, 3.05) is 0 Å². The lowest BCUT2D eigenvalue weighted by Gasteiger charge is -2.38. The normalized spacial score (nSPS) is 16.7. The molecule has 0 aliphatic carbocycles. The maximum atomic E-state index is 14.7. The molecule has 1 saturated heterocycles. The van der Waals surface area contributed by atoms with Crippen LogP contribution in [0.2, 0.25) is 0 Å². The largest absolute Gasteiger partial charge is 0.497 e. The molecule has 0 atom stereocenters. The molecule has 6 heteroatoms. The van der Waals surface area contributed by atoms with E-state index in [4.69, 9.17) is 9.31 Å². The first kappa shape index (κ1) is 24.6. The van der Waals surface area contributed by atoms with E-state index in [1.54, 1.807) is 0 Å². The van der Waals surface area contributed by atoms with Gasteiger partial charge in [-0.05, 0) is 50.5 Å². The predicted molar refractivity (Wildman–Crippen MR) is 150 cm³/mol. The van der Waals surface area contributed by atoms with Crippen LogP contribution >= 0.6 is 0 Å². The number of pyridine rings is 1. The Kier molecular flexibility index (Phi) is 5.78. The van der Waals surface area contributed by atoms with E-state index in [0.717, 1.165) is 22.2 Å². The Balaban J connectivity index is 1.72. The summed E-state index contributed by atoms with van der Waals surface area (Å²) >= 11 is 0. The Morgan fingerprint density at radius 1 is 0.737 bits per heavy atom. The minimum atomic E-state index is -0.797. The Morgan fingerprint density at radius 3 is 1.63 bits per heavy atom. The number of rotatable bonds is 5. The summed E-state index contributed by atoms with van der Waals surface area (Å²) in [6, 6.07) is 32.6. The van der Waals surface area contributed by atoms with Gasteiger partial charge in [0.05, 0.1) is 17.4 Å². The Hall–Kier alpha value is -3.74. The lowest BCUT2D eigenvalue weighted by molar-refractivity contribution is 0.00578. The van der Waals surface area contributed by atoms with Gasteiger partial charge >= 0.3 is 7.12 Å². The van der Waals surface area contributed by atoms with Crippen LogP contribution in [0.3, 0.4) is 0 Å². The highest BCUT2D eigenvalue weighted by Gasteiger charge is 2.53. The molecule has 0 spiro atoms. The molecule has 0 radical (unpaired) electrons. The van der Waals surface area contributed by atoms with Crippen LogP contribution in [0.1, 0.15) is 44.4 Å². The van der Waals surface area contributed by atoms with Gasteiger partial charge in [0.2, 0.25) is 0 Å². The maximum Gasteiger partial charge on any atom is 0.497 e. The number of halogens is 1. The minimum Gasteiger partial charge on any atom is -0.399 e. The first-order valence-electron chi connectivity index (χ1n) is 12.9. The van der Waals surface area contributed by atoms with Crippen molar-refractivity contribution in [1.82, 2.24) is 9.55 Å². The van der Waals surface area contributed by atoms with Gasteiger partial charge in [0.15, 0.2) is 0 Å². The molecule has 1 aliphatic heterocycles. The second-order valence-electron chi connectivity index (χ2n) is 10.9. The zero-order valence-electron chi connectivity index (χ0n) is 22.1. The van der Waals surface area contributed by atoms with Crippen LogP contribution in [0, 0.1) is 5.82 Å². The van der Waals surface area contributed by atoms with Crippen molar-refractivity contribution in [2.24, 2.45) is 0 Å². The molecule has 2 aromatic heterocycles. The number of fused-ring (bicyclic) bond motifs is 1. The van der Waals surface area contributed by atoms with E-state index < -0.39 is 29.7 Å². The van der Waals surface area contributed by atoms with Gasteiger partial charge in [0.1, 0.15) is 17.0 Å². The molecule has 0 bridgehead atoms. The highest BCUT2D eigenvalue weighted by atomic mass is 19.1. The standard InChI is InChI=1S/C32H30BFN2O2/c1-30(2)31(3,4)38-33(37-30)28-22-36(29-27(28)20-26(34)21-35-29)32(23-14-8-5-9-15-23,24-16-10-6-11-17-24)25-18-12-7-13-19-25/h5-22H,1-4H3. The average Bonchev–Trinajstić information content (AvgIpc) is 3.39. The van der Waals surface area contributed by atoms with Gasteiger partial charge in [0, 0.05) is 17.0 Å². The van der Waals surface area contributed by atoms with Gasteiger partial charge in [0.25, 0.3) is 0 Å². The maximum absolute atomic E-state index is 14.7. The molecule has 1 fully saturated rings. The van der Waals surface area contributed by atoms with Crippen molar-refractivity contribution in [3.63, 3.8) is 0 Å². The third-order valence-corrected chi connectivity index (χ3v) is 8.08. The van der Waals surface area contributed by atoms with Gasteiger partial charge in [-0.15, -0.1) is 0 Å². The Morgan fingerprint density at radius 2 is 1.18 bits per heavy atom. The third-order valence-electron chi connectivity index (χ3n) is 8.08. The lowest BCUT2D eigenvalue weighted by Crippen LogP contribution is -2.41. The van der Waals surface area contributed by atoms with Crippen LogP contribution in [0.15, 0.2) is 109 Å². The number of aromatic nitrogens is 2. The van der Waals surface area contributed by atoms with E-state index in [1.165, 1.54) is 12.3 Å². The molecule has 6 rings (SSSR count). The summed E-state index contributed by atoms with van der Waals surface area (Å²) in [4.78, 5) is 4.66. The molecule has 0 amide bonds. The van der Waals surface area contributed by atoms with Crippen molar-refractivity contribution < 1.29 is 13.7 Å². The molecule has 0 saturated carbocycles. The molecule has 3 aromatic carbocycles. The first-order chi connectivity index (χ1) is 18.2. The van der Waals surface area contributed by atoms with Crippen LogP contribution < -0.4 is 5.46 Å². The number of nitrogens with zero attached hydrogens (tertiary/aromatic N) is 2. The van der Waals surface area contributed by atoms with Crippen molar-refractivity contribution in [3.05, 3.63) is 132 Å². The fourth-order valence-electron chi connectivity index (χ4n) is 5.48. The zero-order valence-corrected chi connectivity index (χ0v) is 22.1. The highest BCUT2D eigenvalue weighted by molar-refractivity contribution is 6.65. The van der Waals surface area contributed by atoms with Crippen LogP contribution in [0.4, 0.5) is 4.39 Å². The van der Waals surface area contributed by atoms with Gasteiger partial charge < -0.3 is 13.9 Å². The number of hydrogen-bond donors (Lipinski definition) is 0. The molecule has 0 N–H and O–H groups in total. The summed E-state index contributed by atoms with van der Waals surface area (Å²) in [5.74, 6) is -0.405. The van der Waals surface area contributed by atoms with E-state index in [9.17, 15) is 4.39 Å². The molecule has 1 aliphatic rings. The van der Waals surface area contributed by atoms with Crippen molar-refractivity contribution in [2.45, 2.75) is 44.4 Å². The molecule has 5 aromatic rings. The van der Waals surface area contributed by atoms with E-state index in [-0.39, 0.29) is 0 Å². The summed E-state index contributed by atoms with van der Waals surface area (Å²) in [5, 5.41) is 0.663. The molecule has 38 heavy (non-hydrogen) atoms. The van der Waals surface area contributed by atoms with E-state index in [2.05, 4.69) is 45.9 Å². The van der Waals surface area contributed by atoms with Crippen molar-refractivity contribution in [1.29, 1.82) is 0 Å². The van der Waals surface area contributed by atoms with E-state index in [1.807, 2.05) is 88.5 Å². The van der Waals surface area contributed by atoms with Crippen LogP contribution in [0.25, 0.3) is 11.0 Å². The Bertz CT molecular complexity index is 1470. The van der Waals surface area contributed by atoms with Gasteiger partial charge in [-0.2, -0.15) is 0 Å². The number of hydrogen-bond acceptors (Lipinski definition) is 3. The lowest BCUT2D eigenvalue weighted by atomic mass is 9.76. The van der Waals surface area contributed by atoms with Gasteiger partial charge in [-0.1, -0.05) is 91.0 Å². The first-order valence-corrected chi connectivity index (χ1v) is 12.9. The third kappa shape index (κ3) is 3.70. The van der Waals surface area contributed by atoms with Crippen LogP contribution in [-0.2, 0) is 14.8 Å². The summed E-state index contributed by atoms with van der Waals surface area (Å²) in [6.07, 6.45) is 3.31. The molecule has 190 valence electrons. The minimum absolute atomic E-state index is 0.405. The van der Waals surface area contributed by atoms with Gasteiger partial charge in [-0.25, -0.2) is 9.37 Å². The zero-order chi connectivity index (χ0) is 26.5. The average molecular weight is 504 g/mol. The predicted octanol–water partition coefficient (Wildman–Crippen LogP) is 6.31. The molecule has 3 heterocycles. The number of benzene rings is 3. The molecular formula is C32H30BFN2O2. The van der Waals surface area contributed by atoms with E-state index >= 15 is 0 Å². The smallest absolute Gasteiger partial charge is 0.399 e. The second-order valence-corrected chi connectivity index (χ2v) is 10.9. The van der Waals surface area contributed by atoms with E-state index in [0.29, 0.717) is 11.0 Å². The van der Waals surface area contributed by atoms with Crippen LogP contribution in [0.5, 0.6) is 0 Å². The van der Waals surface area contributed by atoms with Crippen LogP contribution in [-0.4, -0.2) is 27.9 Å². The topological polar surface area (TPSA) is 36.3 Å². The fraction of sp³-hybridized carbons (Fsp3) is 0.219. The highest BCUT2D eigenvalue weighted by Crippen LogP contribution is 2.43. The summed E-state index contributed by atoms with van der Waals surface area (Å²) in [6.45, 7) is 8.08. The van der Waals surface area contributed by atoms with Crippen molar-refractivity contribution >= 4 is 23.6 Å². The summed E-state index contributed by atoms with van der Waals surface area (Å²) in [7, 11) is -0.674.